The van der Waals surface area contributed by atoms with E-state index in [-0.39, 0.29) is 14.9 Å². The van der Waals surface area contributed by atoms with Crippen LogP contribution in [0.25, 0.3) is 0 Å². The number of rotatable bonds is 4. The Labute approximate surface area is 131 Å². The predicted molar refractivity (Wildman–Crippen MR) is 80.7 cm³/mol. The zero-order valence-corrected chi connectivity index (χ0v) is 12.8. The Morgan fingerprint density at radius 2 is 1.52 bits per heavy atom. The molecule has 5 nitrogen and oxygen atoms in total. The molecule has 110 valence electrons. The molecular weight excluding hydrogens is 335 g/mol. The lowest BCUT2D eigenvalue weighted by atomic mass is 10.2. The van der Waals surface area contributed by atoms with E-state index in [9.17, 15) is 13.2 Å². The number of hydrazine groups is 1. The van der Waals surface area contributed by atoms with Crippen molar-refractivity contribution in [3.05, 3.63) is 64.1 Å². The molecule has 0 saturated heterocycles. The third kappa shape index (κ3) is 4.18. The van der Waals surface area contributed by atoms with Crippen LogP contribution in [0, 0.1) is 0 Å². The minimum absolute atomic E-state index is 0.145. The topological polar surface area (TPSA) is 75.3 Å². The zero-order chi connectivity index (χ0) is 15.5. The molecule has 0 saturated carbocycles. The molecule has 0 aromatic heterocycles. The van der Waals surface area contributed by atoms with E-state index >= 15 is 0 Å². The number of amides is 1. The summed E-state index contributed by atoms with van der Waals surface area (Å²) >= 11 is 11.5. The van der Waals surface area contributed by atoms with Gasteiger partial charge in [0.05, 0.1) is 4.90 Å². The van der Waals surface area contributed by atoms with Crippen molar-refractivity contribution >= 4 is 39.1 Å². The number of hydrogen-bond donors (Lipinski definition) is 2. The molecule has 21 heavy (non-hydrogen) atoms. The number of carbonyl (C=O) groups is 1. The first-order chi connectivity index (χ1) is 9.88. The summed E-state index contributed by atoms with van der Waals surface area (Å²) in [5, 5.41) is 0.356. The molecule has 0 aliphatic carbocycles. The lowest BCUT2D eigenvalue weighted by molar-refractivity contribution is 0.0945. The van der Waals surface area contributed by atoms with Crippen molar-refractivity contribution in [2.24, 2.45) is 0 Å². The van der Waals surface area contributed by atoms with E-state index in [1.54, 1.807) is 30.3 Å². The van der Waals surface area contributed by atoms with Crippen LogP contribution in [0.5, 0.6) is 0 Å². The van der Waals surface area contributed by atoms with Gasteiger partial charge in [-0.05, 0) is 30.3 Å². The third-order valence-electron chi connectivity index (χ3n) is 2.48. The first kappa shape index (κ1) is 15.8. The van der Waals surface area contributed by atoms with Crippen LogP contribution in [0.15, 0.2) is 53.4 Å². The second-order valence-electron chi connectivity index (χ2n) is 4.03. The minimum atomic E-state index is -3.96. The summed E-state index contributed by atoms with van der Waals surface area (Å²) in [5.41, 5.74) is 2.44. The highest BCUT2D eigenvalue weighted by atomic mass is 35.5. The highest BCUT2D eigenvalue weighted by Gasteiger charge is 2.17. The SMILES string of the molecule is O=C(NNS(=O)(=O)c1cc(Cl)cc(Cl)c1)c1ccccc1. The Kier molecular flexibility index (Phi) is 4.84. The fourth-order valence-electron chi connectivity index (χ4n) is 1.52. The summed E-state index contributed by atoms with van der Waals surface area (Å²) in [7, 11) is -3.96. The lowest BCUT2D eigenvalue weighted by Crippen LogP contribution is -2.41. The summed E-state index contributed by atoms with van der Waals surface area (Å²) in [5.74, 6) is -0.577. The summed E-state index contributed by atoms with van der Waals surface area (Å²) in [6, 6.07) is 12.1. The molecular formula is C13H10Cl2N2O3S. The number of hydrogen-bond acceptors (Lipinski definition) is 3. The molecule has 0 unspecified atom stereocenters. The van der Waals surface area contributed by atoms with Crippen molar-refractivity contribution in [3.63, 3.8) is 0 Å². The quantitative estimate of drug-likeness (QED) is 0.837. The molecule has 8 heteroatoms. The van der Waals surface area contributed by atoms with Crippen LogP contribution in [-0.2, 0) is 10.0 Å². The molecule has 0 aliphatic rings. The highest BCUT2D eigenvalue weighted by molar-refractivity contribution is 7.89. The van der Waals surface area contributed by atoms with Gasteiger partial charge in [0.2, 0.25) is 0 Å². The number of carbonyl (C=O) groups excluding carboxylic acids is 1. The molecule has 0 fully saturated rings. The van der Waals surface area contributed by atoms with Gasteiger partial charge in [-0.25, -0.2) is 8.42 Å². The molecule has 0 bridgehead atoms. The number of halogens is 2. The first-order valence-corrected chi connectivity index (χ1v) is 7.96. The predicted octanol–water partition coefficient (Wildman–Crippen LogP) is 2.62. The van der Waals surface area contributed by atoms with E-state index in [1.807, 2.05) is 4.83 Å². The maximum atomic E-state index is 12.0. The van der Waals surface area contributed by atoms with Crippen LogP contribution in [-0.4, -0.2) is 14.3 Å². The standard InChI is InChI=1S/C13H10Cl2N2O3S/c14-10-6-11(15)8-12(7-10)21(19,20)17-16-13(18)9-4-2-1-3-5-9/h1-8,17H,(H,16,18). The number of sulfonamides is 1. The molecule has 0 spiro atoms. The van der Waals surface area contributed by atoms with Gasteiger partial charge in [0.1, 0.15) is 0 Å². The Hall–Kier alpha value is -1.60. The van der Waals surface area contributed by atoms with Crippen LogP contribution in [0.1, 0.15) is 10.4 Å². The van der Waals surface area contributed by atoms with Gasteiger partial charge in [0, 0.05) is 15.6 Å². The van der Waals surface area contributed by atoms with Gasteiger partial charge in [0.25, 0.3) is 15.9 Å². The Bertz CT molecular complexity index is 744. The van der Waals surface area contributed by atoms with E-state index in [2.05, 4.69) is 5.43 Å². The van der Waals surface area contributed by atoms with Gasteiger partial charge in [-0.15, -0.1) is 4.83 Å². The van der Waals surface area contributed by atoms with Crippen molar-refractivity contribution < 1.29 is 13.2 Å². The van der Waals surface area contributed by atoms with Crippen LogP contribution in [0.3, 0.4) is 0 Å². The second kappa shape index (κ2) is 6.44. The van der Waals surface area contributed by atoms with E-state index in [0.29, 0.717) is 5.56 Å². The fourth-order valence-corrected chi connectivity index (χ4v) is 3.08. The summed E-state index contributed by atoms with van der Waals surface area (Å²) < 4.78 is 24.1. The van der Waals surface area contributed by atoms with Gasteiger partial charge in [-0.1, -0.05) is 41.4 Å². The van der Waals surface area contributed by atoms with Crippen molar-refractivity contribution in [2.45, 2.75) is 4.90 Å². The zero-order valence-electron chi connectivity index (χ0n) is 10.5. The molecule has 0 aliphatic heterocycles. The van der Waals surface area contributed by atoms with Gasteiger partial charge >= 0.3 is 0 Å². The van der Waals surface area contributed by atoms with Crippen LogP contribution in [0.2, 0.25) is 10.0 Å². The largest absolute Gasteiger partial charge is 0.273 e. The smallest absolute Gasteiger partial charge is 0.266 e. The number of nitrogens with one attached hydrogen (secondary N) is 2. The van der Waals surface area contributed by atoms with Crippen LogP contribution < -0.4 is 10.3 Å². The minimum Gasteiger partial charge on any atom is -0.273 e. The van der Waals surface area contributed by atoms with E-state index in [1.165, 1.54) is 18.2 Å². The van der Waals surface area contributed by atoms with Crippen molar-refractivity contribution in [1.29, 1.82) is 0 Å². The summed E-state index contributed by atoms with van der Waals surface area (Å²) in [4.78, 5) is 13.6. The van der Waals surface area contributed by atoms with Crippen LogP contribution >= 0.6 is 23.2 Å². The Morgan fingerprint density at radius 3 is 2.10 bits per heavy atom. The van der Waals surface area contributed by atoms with Crippen molar-refractivity contribution in [1.82, 2.24) is 10.3 Å². The average molecular weight is 345 g/mol. The lowest BCUT2D eigenvalue weighted by Gasteiger charge is -2.09. The Balaban J connectivity index is 2.13. The van der Waals surface area contributed by atoms with Gasteiger partial charge in [-0.2, -0.15) is 0 Å². The van der Waals surface area contributed by atoms with Crippen LogP contribution in [0.4, 0.5) is 0 Å². The molecule has 2 aromatic rings. The van der Waals surface area contributed by atoms with E-state index < -0.39 is 15.9 Å². The molecule has 0 atom stereocenters. The molecule has 2 rings (SSSR count). The Morgan fingerprint density at radius 1 is 0.952 bits per heavy atom. The van der Waals surface area contributed by atoms with E-state index in [4.69, 9.17) is 23.2 Å². The molecule has 2 N–H and O–H groups in total. The molecule has 0 radical (unpaired) electrons. The summed E-state index contributed by atoms with van der Waals surface area (Å²) in [6.07, 6.45) is 0. The molecule has 1 amide bonds. The molecule has 0 heterocycles. The summed E-state index contributed by atoms with van der Waals surface area (Å²) in [6.45, 7) is 0. The third-order valence-corrected chi connectivity index (χ3v) is 4.14. The normalized spacial score (nSPS) is 11.1. The first-order valence-electron chi connectivity index (χ1n) is 5.72. The van der Waals surface area contributed by atoms with E-state index in [0.717, 1.165) is 0 Å². The van der Waals surface area contributed by atoms with Crippen molar-refractivity contribution in [2.75, 3.05) is 0 Å². The second-order valence-corrected chi connectivity index (χ2v) is 6.59. The highest BCUT2D eigenvalue weighted by Crippen LogP contribution is 2.21. The van der Waals surface area contributed by atoms with Gasteiger partial charge < -0.3 is 0 Å². The average Bonchev–Trinajstić information content (AvgIpc) is 2.45. The van der Waals surface area contributed by atoms with Gasteiger partial charge in [0.15, 0.2) is 0 Å². The monoisotopic (exact) mass is 344 g/mol. The maximum absolute atomic E-state index is 12.0. The van der Waals surface area contributed by atoms with Gasteiger partial charge in [-0.3, -0.25) is 10.2 Å². The number of benzene rings is 2. The van der Waals surface area contributed by atoms with Crippen molar-refractivity contribution in [3.8, 4) is 0 Å². The maximum Gasteiger partial charge on any atom is 0.266 e. The molecule has 2 aromatic carbocycles. The fraction of sp³-hybridized carbons (Fsp3) is 0.